The van der Waals surface area contributed by atoms with E-state index in [1.54, 1.807) is 4.57 Å². The molecule has 0 saturated carbocycles. The van der Waals surface area contributed by atoms with Gasteiger partial charge in [-0.25, -0.2) is 4.98 Å². The number of aromatic nitrogens is 2. The molecule has 0 spiro atoms. The van der Waals surface area contributed by atoms with Crippen molar-refractivity contribution in [3.05, 3.63) is 32.1 Å². The molecule has 4 nitrogen and oxygen atoms in total. The SMILES string of the molecule is CCn1c(SCCN)nc2ccc(I)cc2c1=O. The summed E-state index contributed by atoms with van der Waals surface area (Å²) in [7, 11) is 0. The topological polar surface area (TPSA) is 60.9 Å². The number of hydrogen-bond donors (Lipinski definition) is 1. The van der Waals surface area contributed by atoms with Crippen LogP contribution in [0.2, 0.25) is 0 Å². The first kappa shape index (κ1) is 13.8. The Kier molecular flexibility index (Phi) is 4.63. The molecule has 0 atom stereocenters. The van der Waals surface area contributed by atoms with Crippen molar-refractivity contribution in [2.75, 3.05) is 12.3 Å². The van der Waals surface area contributed by atoms with Crippen molar-refractivity contribution in [2.45, 2.75) is 18.6 Å². The van der Waals surface area contributed by atoms with Crippen molar-refractivity contribution in [1.29, 1.82) is 0 Å². The fourth-order valence-corrected chi connectivity index (χ4v) is 3.03. The van der Waals surface area contributed by atoms with Gasteiger partial charge in [-0.05, 0) is 47.7 Å². The van der Waals surface area contributed by atoms with Gasteiger partial charge >= 0.3 is 0 Å². The summed E-state index contributed by atoms with van der Waals surface area (Å²) in [5, 5.41) is 1.43. The lowest BCUT2D eigenvalue weighted by Crippen LogP contribution is -2.23. The van der Waals surface area contributed by atoms with E-state index in [0.717, 1.165) is 20.0 Å². The number of hydrogen-bond acceptors (Lipinski definition) is 4. The third kappa shape index (κ3) is 2.70. The Hall–Kier alpha value is -0.600. The smallest absolute Gasteiger partial charge is 0.262 e. The zero-order valence-corrected chi connectivity index (χ0v) is 13.0. The maximum Gasteiger partial charge on any atom is 0.262 e. The summed E-state index contributed by atoms with van der Waals surface area (Å²) in [6, 6.07) is 5.74. The van der Waals surface area contributed by atoms with E-state index < -0.39 is 0 Å². The minimum atomic E-state index is 0.0283. The third-order valence-electron chi connectivity index (χ3n) is 2.55. The fourth-order valence-electron chi connectivity index (χ4n) is 1.71. The number of rotatable bonds is 4. The average molecular weight is 375 g/mol. The van der Waals surface area contributed by atoms with Crippen LogP contribution >= 0.6 is 34.4 Å². The first-order valence-corrected chi connectivity index (χ1v) is 7.76. The van der Waals surface area contributed by atoms with Crippen LogP contribution < -0.4 is 11.3 Å². The molecule has 2 rings (SSSR count). The van der Waals surface area contributed by atoms with Crippen LogP contribution in [0.3, 0.4) is 0 Å². The second-order valence-corrected chi connectivity index (χ2v) is 6.05. The quantitative estimate of drug-likeness (QED) is 0.505. The number of fused-ring (bicyclic) bond motifs is 1. The number of nitrogens with zero attached hydrogens (tertiary/aromatic N) is 2. The van der Waals surface area contributed by atoms with E-state index in [9.17, 15) is 4.79 Å². The molecule has 0 fully saturated rings. The van der Waals surface area contributed by atoms with Gasteiger partial charge in [-0.15, -0.1) is 0 Å². The van der Waals surface area contributed by atoms with Crippen LogP contribution in [0.5, 0.6) is 0 Å². The molecule has 0 unspecified atom stereocenters. The number of nitrogens with two attached hydrogens (primary N) is 1. The molecule has 1 aromatic heterocycles. The molecule has 18 heavy (non-hydrogen) atoms. The maximum atomic E-state index is 12.4. The Balaban J connectivity index is 2.65. The van der Waals surface area contributed by atoms with Crippen LogP contribution in [0.1, 0.15) is 6.92 Å². The van der Waals surface area contributed by atoms with Crippen LogP contribution in [-0.4, -0.2) is 21.8 Å². The molecule has 0 radical (unpaired) electrons. The Morgan fingerprint density at radius 3 is 2.94 bits per heavy atom. The van der Waals surface area contributed by atoms with Gasteiger partial charge in [0.25, 0.3) is 5.56 Å². The minimum absolute atomic E-state index is 0.0283. The first-order chi connectivity index (χ1) is 8.67. The summed E-state index contributed by atoms with van der Waals surface area (Å²) >= 11 is 3.73. The van der Waals surface area contributed by atoms with Crippen molar-refractivity contribution in [1.82, 2.24) is 9.55 Å². The van der Waals surface area contributed by atoms with E-state index in [1.165, 1.54) is 11.8 Å². The van der Waals surface area contributed by atoms with Gasteiger partial charge in [0.2, 0.25) is 0 Å². The van der Waals surface area contributed by atoms with Crippen molar-refractivity contribution in [2.24, 2.45) is 5.73 Å². The summed E-state index contributed by atoms with van der Waals surface area (Å²) in [6.07, 6.45) is 0. The van der Waals surface area contributed by atoms with E-state index in [4.69, 9.17) is 5.73 Å². The van der Waals surface area contributed by atoms with Gasteiger partial charge in [0.05, 0.1) is 10.9 Å². The monoisotopic (exact) mass is 375 g/mol. The van der Waals surface area contributed by atoms with Gasteiger partial charge in [0, 0.05) is 22.4 Å². The van der Waals surface area contributed by atoms with E-state index >= 15 is 0 Å². The highest BCUT2D eigenvalue weighted by Crippen LogP contribution is 2.18. The van der Waals surface area contributed by atoms with E-state index in [0.29, 0.717) is 18.5 Å². The molecular weight excluding hydrogens is 361 g/mol. The molecule has 1 aromatic carbocycles. The number of halogens is 1. The molecule has 0 aliphatic rings. The summed E-state index contributed by atoms with van der Waals surface area (Å²) < 4.78 is 2.75. The summed E-state index contributed by atoms with van der Waals surface area (Å²) in [6.45, 7) is 3.16. The van der Waals surface area contributed by atoms with Gasteiger partial charge in [0.1, 0.15) is 0 Å². The Bertz CT molecular complexity index is 626. The predicted octanol–water partition coefficient (Wildman–Crippen LogP) is 2.07. The largest absolute Gasteiger partial charge is 0.330 e. The summed E-state index contributed by atoms with van der Waals surface area (Å²) in [4.78, 5) is 16.9. The van der Waals surface area contributed by atoms with Crippen molar-refractivity contribution in [3.63, 3.8) is 0 Å². The maximum absolute atomic E-state index is 12.4. The zero-order chi connectivity index (χ0) is 13.1. The fraction of sp³-hybridized carbons (Fsp3) is 0.333. The summed E-state index contributed by atoms with van der Waals surface area (Å²) in [5.41, 5.74) is 6.28. The molecule has 0 amide bonds. The lowest BCUT2D eigenvalue weighted by molar-refractivity contribution is 0.634. The van der Waals surface area contributed by atoms with Crippen molar-refractivity contribution >= 4 is 45.3 Å². The van der Waals surface area contributed by atoms with Crippen LogP contribution in [0.15, 0.2) is 28.2 Å². The zero-order valence-electron chi connectivity index (χ0n) is 10.0. The third-order valence-corrected chi connectivity index (χ3v) is 4.23. The lowest BCUT2D eigenvalue weighted by Gasteiger charge is -2.10. The van der Waals surface area contributed by atoms with Gasteiger partial charge in [-0.2, -0.15) is 0 Å². The highest BCUT2D eigenvalue weighted by molar-refractivity contribution is 14.1. The minimum Gasteiger partial charge on any atom is -0.330 e. The summed E-state index contributed by atoms with van der Waals surface area (Å²) in [5.74, 6) is 0.766. The highest BCUT2D eigenvalue weighted by Gasteiger charge is 2.10. The molecule has 0 aliphatic carbocycles. The van der Waals surface area contributed by atoms with Gasteiger partial charge in [-0.3, -0.25) is 9.36 Å². The molecule has 96 valence electrons. The predicted molar refractivity (Wildman–Crippen MR) is 84.2 cm³/mol. The van der Waals surface area contributed by atoms with Crippen molar-refractivity contribution < 1.29 is 0 Å². The van der Waals surface area contributed by atoms with Gasteiger partial charge in [0.15, 0.2) is 5.16 Å². The van der Waals surface area contributed by atoms with Crippen LogP contribution in [0.4, 0.5) is 0 Å². The second-order valence-electron chi connectivity index (χ2n) is 3.74. The molecule has 2 N–H and O–H groups in total. The second kappa shape index (κ2) is 6.03. The molecule has 0 aliphatic heterocycles. The number of thioether (sulfide) groups is 1. The molecule has 2 aromatic rings. The van der Waals surface area contributed by atoms with E-state index in [-0.39, 0.29) is 5.56 Å². The van der Waals surface area contributed by atoms with Crippen LogP contribution in [-0.2, 0) is 6.54 Å². The standard InChI is InChI=1S/C12H14IN3OS/c1-2-16-11(17)9-7-8(13)3-4-10(9)15-12(16)18-6-5-14/h3-4,7H,2,5-6,14H2,1H3. The molecule has 6 heteroatoms. The van der Waals surface area contributed by atoms with E-state index in [1.807, 2.05) is 25.1 Å². The Morgan fingerprint density at radius 2 is 2.28 bits per heavy atom. The molecule has 1 heterocycles. The Morgan fingerprint density at radius 1 is 1.50 bits per heavy atom. The number of benzene rings is 1. The van der Waals surface area contributed by atoms with Crippen LogP contribution in [0, 0.1) is 3.57 Å². The normalized spacial score (nSPS) is 11.1. The van der Waals surface area contributed by atoms with Gasteiger partial charge < -0.3 is 5.73 Å². The molecular formula is C12H14IN3OS. The van der Waals surface area contributed by atoms with Crippen molar-refractivity contribution in [3.8, 4) is 0 Å². The average Bonchev–Trinajstić information content (AvgIpc) is 2.37. The molecule has 0 saturated heterocycles. The Labute approximate surface area is 123 Å². The first-order valence-electron chi connectivity index (χ1n) is 5.70. The molecule has 0 bridgehead atoms. The van der Waals surface area contributed by atoms with Crippen LogP contribution in [0.25, 0.3) is 10.9 Å². The van der Waals surface area contributed by atoms with Gasteiger partial charge in [-0.1, -0.05) is 11.8 Å². The lowest BCUT2D eigenvalue weighted by atomic mass is 10.2. The highest BCUT2D eigenvalue weighted by atomic mass is 127. The van der Waals surface area contributed by atoms with E-state index in [2.05, 4.69) is 27.6 Å².